The molecule has 18 heavy (non-hydrogen) atoms. The number of hydrogen-bond donors (Lipinski definition) is 2. The van der Waals surface area contributed by atoms with Gasteiger partial charge in [0.2, 0.25) is 0 Å². The molecule has 2 aromatic rings. The van der Waals surface area contributed by atoms with Gasteiger partial charge in [-0.25, -0.2) is 0 Å². The molecule has 0 aliphatic rings. The largest absolute Gasteiger partial charge is 0.347 e. The third-order valence-corrected chi connectivity index (χ3v) is 2.33. The van der Waals surface area contributed by atoms with E-state index < -0.39 is 0 Å². The first kappa shape index (κ1) is 12.2. The highest BCUT2D eigenvalue weighted by molar-refractivity contribution is 5.91. The first-order valence-electron chi connectivity index (χ1n) is 5.57. The van der Waals surface area contributed by atoms with Crippen molar-refractivity contribution >= 4 is 5.91 Å². The van der Waals surface area contributed by atoms with Crippen molar-refractivity contribution < 1.29 is 4.79 Å². The molecule has 3 N–H and O–H groups in total. The van der Waals surface area contributed by atoms with Gasteiger partial charge in [0.05, 0.1) is 12.7 Å². The maximum atomic E-state index is 11.8. The van der Waals surface area contributed by atoms with E-state index in [2.05, 4.69) is 20.6 Å². The molecule has 2 heterocycles. The van der Waals surface area contributed by atoms with Crippen LogP contribution in [0.5, 0.6) is 0 Å². The Balaban J connectivity index is 1.91. The molecular weight excluding hydrogens is 232 g/mol. The van der Waals surface area contributed by atoms with E-state index in [9.17, 15) is 4.79 Å². The molecule has 2 rings (SSSR count). The van der Waals surface area contributed by atoms with E-state index >= 15 is 0 Å². The molecule has 0 aliphatic heterocycles. The Labute approximate surface area is 104 Å². The molecule has 0 bridgehead atoms. The Hall–Kier alpha value is -2.28. The second-order valence-corrected chi connectivity index (χ2v) is 3.69. The molecule has 0 fully saturated rings. The maximum Gasteiger partial charge on any atom is 0.273 e. The lowest BCUT2D eigenvalue weighted by Crippen LogP contribution is -2.23. The predicted molar refractivity (Wildman–Crippen MR) is 64.5 cm³/mol. The summed E-state index contributed by atoms with van der Waals surface area (Å²) in [6.45, 7) is 1.44. The molecular formula is C11H14N6O. The van der Waals surface area contributed by atoms with Crippen molar-refractivity contribution in [3.63, 3.8) is 0 Å². The molecule has 0 saturated heterocycles. The third kappa shape index (κ3) is 3.11. The topological polar surface area (TPSA) is 98.7 Å². The Morgan fingerprint density at radius 3 is 2.89 bits per heavy atom. The quantitative estimate of drug-likeness (QED) is 0.745. The van der Waals surface area contributed by atoms with E-state index in [1.807, 2.05) is 12.1 Å². The zero-order chi connectivity index (χ0) is 12.8. The van der Waals surface area contributed by atoms with Crippen molar-refractivity contribution in [1.29, 1.82) is 0 Å². The van der Waals surface area contributed by atoms with Gasteiger partial charge in [0.1, 0.15) is 0 Å². The van der Waals surface area contributed by atoms with Crippen LogP contribution in [0.3, 0.4) is 0 Å². The second-order valence-electron chi connectivity index (χ2n) is 3.69. The van der Waals surface area contributed by atoms with Crippen LogP contribution in [0.25, 0.3) is 0 Å². The van der Waals surface area contributed by atoms with Gasteiger partial charge in [-0.3, -0.25) is 14.5 Å². The van der Waals surface area contributed by atoms with Crippen LogP contribution in [0.2, 0.25) is 0 Å². The van der Waals surface area contributed by atoms with Gasteiger partial charge in [-0.1, -0.05) is 5.21 Å². The van der Waals surface area contributed by atoms with Crippen molar-refractivity contribution in [3.05, 3.63) is 42.0 Å². The van der Waals surface area contributed by atoms with Crippen molar-refractivity contribution in [3.8, 4) is 0 Å². The number of hydrogen-bond acceptors (Lipinski definition) is 5. The fraction of sp³-hybridized carbons (Fsp3) is 0.273. The molecule has 1 amide bonds. The normalized spacial score (nSPS) is 10.3. The highest BCUT2D eigenvalue weighted by atomic mass is 16.2. The summed E-state index contributed by atoms with van der Waals surface area (Å²) in [4.78, 5) is 15.7. The van der Waals surface area contributed by atoms with E-state index in [0.717, 1.165) is 5.56 Å². The van der Waals surface area contributed by atoms with Gasteiger partial charge in [-0.15, -0.1) is 5.10 Å². The van der Waals surface area contributed by atoms with Crippen molar-refractivity contribution in [1.82, 2.24) is 25.3 Å². The SMILES string of the molecule is NCCn1cc(C(=O)NCc2ccncc2)nn1. The fourth-order valence-electron chi connectivity index (χ4n) is 1.42. The molecule has 0 aliphatic carbocycles. The summed E-state index contributed by atoms with van der Waals surface area (Å²) in [6.07, 6.45) is 4.94. The number of pyridine rings is 1. The van der Waals surface area contributed by atoms with Crippen LogP contribution in [0.15, 0.2) is 30.7 Å². The average Bonchev–Trinajstić information content (AvgIpc) is 2.86. The lowest BCUT2D eigenvalue weighted by Gasteiger charge is -2.02. The highest BCUT2D eigenvalue weighted by Gasteiger charge is 2.09. The Kier molecular flexibility index (Phi) is 3.98. The zero-order valence-corrected chi connectivity index (χ0v) is 9.78. The van der Waals surface area contributed by atoms with Gasteiger partial charge in [0.15, 0.2) is 5.69 Å². The van der Waals surface area contributed by atoms with Crippen molar-refractivity contribution in [2.24, 2.45) is 5.73 Å². The maximum absolute atomic E-state index is 11.8. The summed E-state index contributed by atoms with van der Waals surface area (Å²) in [7, 11) is 0. The van der Waals surface area contributed by atoms with Crippen LogP contribution >= 0.6 is 0 Å². The molecule has 0 spiro atoms. The minimum Gasteiger partial charge on any atom is -0.347 e. The number of rotatable bonds is 5. The van der Waals surface area contributed by atoms with Crippen LogP contribution in [0.1, 0.15) is 16.1 Å². The van der Waals surface area contributed by atoms with E-state index in [-0.39, 0.29) is 11.6 Å². The number of carbonyl (C=O) groups excluding carboxylic acids is 1. The van der Waals surface area contributed by atoms with Crippen LogP contribution in [-0.2, 0) is 13.1 Å². The second kappa shape index (κ2) is 5.87. The Morgan fingerprint density at radius 1 is 1.39 bits per heavy atom. The van der Waals surface area contributed by atoms with Crippen molar-refractivity contribution in [2.45, 2.75) is 13.1 Å². The number of nitrogens with two attached hydrogens (primary N) is 1. The van der Waals surface area contributed by atoms with Crippen LogP contribution < -0.4 is 11.1 Å². The summed E-state index contributed by atoms with van der Waals surface area (Å²) >= 11 is 0. The van der Waals surface area contributed by atoms with Gasteiger partial charge in [0.25, 0.3) is 5.91 Å². The van der Waals surface area contributed by atoms with E-state index in [1.165, 1.54) is 0 Å². The molecule has 7 heteroatoms. The number of nitrogens with zero attached hydrogens (tertiary/aromatic N) is 4. The number of carbonyl (C=O) groups is 1. The monoisotopic (exact) mass is 246 g/mol. The minimum atomic E-state index is -0.255. The number of nitrogens with one attached hydrogen (secondary N) is 1. The first-order chi connectivity index (χ1) is 8.79. The molecule has 0 saturated carbocycles. The van der Waals surface area contributed by atoms with E-state index in [1.54, 1.807) is 23.3 Å². The predicted octanol–water partition coefficient (Wildman–Crippen LogP) is -0.438. The standard InChI is InChI=1S/C11H14N6O/c12-3-6-17-8-10(15-16-17)11(18)14-7-9-1-4-13-5-2-9/h1-2,4-5,8H,3,6-7,12H2,(H,14,18). The van der Waals surface area contributed by atoms with Gasteiger partial charge in [-0.05, 0) is 17.7 Å². The first-order valence-corrected chi connectivity index (χ1v) is 5.57. The third-order valence-electron chi connectivity index (χ3n) is 2.33. The Bertz CT molecular complexity index is 509. The van der Waals surface area contributed by atoms with Crippen LogP contribution in [0, 0.1) is 0 Å². The molecule has 0 radical (unpaired) electrons. The van der Waals surface area contributed by atoms with E-state index in [0.29, 0.717) is 19.6 Å². The van der Waals surface area contributed by atoms with Gasteiger partial charge >= 0.3 is 0 Å². The van der Waals surface area contributed by atoms with Gasteiger partial charge < -0.3 is 11.1 Å². The lowest BCUT2D eigenvalue weighted by atomic mass is 10.2. The lowest BCUT2D eigenvalue weighted by molar-refractivity contribution is 0.0946. The summed E-state index contributed by atoms with van der Waals surface area (Å²) < 4.78 is 1.54. The smallest absolute Gasteiger partial charge is 0.273 e. The fourth-order valence-corrected chi connectivity index (χ4v) is 1.42. The molecule has 0 aromatic carbocycles. The highest BCUT2D eigenvalue weighted by Crippen LogP contribution is 1.97. The van der Waals surface area contributed by atoms with Crippen LogP contribution in [-0.4, -0.2) is 32.4 Å². The molecule has 2 aromatic heterocycles. The molecule has 0 atom stereocenters. The summed E-state index contributed by atoms with van der Waals surface area (Å²) in [6, 6.07) is 3.68. The molecule has 94 valence electrons. The van der Waals surface area contributed by atoms with Gasteiger partial charge in [-0.2, -0.15) is 0 Å². The minimum absolute atomic E-state index is 0.255. The zero-order valence-electron chi connectivity index (χ0n) is 9.78. The molecule has 7 nitrogen and oxygen atoms in total. The number of aromatic nitrogens is 4. The Morgan fingerprint density at radius 2 is 2.17 bits per heavy atom. The van der Waals surface area contributed by atoms with Crippen LogP contribution in [0.4, 0.5) is 0 Å². The summed E-state index contributed by atoms with van der Waals surface area (Å²) in [5.74, 6) is -0.255. The summed E-state index contributed by atoms with van der Waals surface area (Å²) in [5, 5.41) is 10.3. The molecule has 0 unspecified atom stereocenters. The van der Waals surface area contributed by atoms with E-state index in [4.69, 9.17) is 5.73 Å². The van der Waals surface area contributed by atoms with Crippen molar-refractivity contribution in [2.75, 3.05) is 6.54 Å². The van der Waals surface area contributed by atoms with Gasteiger partial charge in [0, 0.05) is 25.5 Å². The number of amides is 1. The summed E-state index contributed by atoms with van der Waals surface area (Å²) in [5.41, 5.74) is 6.65. The average molecular weight is 246 g/mol.